The van der Waals surface area contributed by atoms with Crippen LogP contribution in [0.15, 0.2) is 0 Å². The van der Waals surface area contributed by atoms with Crippen molar-refractivity contribution in [1.82, 2.24) is 10.2 Å². The first kappa shape index (κ1) is 15.8. The summed E-state index contributed by atoms with van der Waals surface area (Å²) in [4.78, 5) is 24.9. The highest BCUT2D eigenvalue weighted by molar-refractivity contribution is 5.76. The smallest absolute Gasteiger partial charge is 0.317 e. The van der Waals surface area contributed by atoms with Gasteiger partial charge in [0.1, 0.15) is 0 Å². The van der Waals surface area contributed by atoms with Crippen LogP contribution in [0.5, 0.6) is 0 Å². The minimum Gasteiger partial charge on any atom is -0.481 e. The molecule has 0 aromatic rings. The molecule has 2 unspecified atom stereocenters. The molecule has 5 nitrogen and oxygen atoms in total. The van der Waals surface area contributed by atoms with Gasteiger partial charge in [-0.2, -0.15) is 0 Å². The first-order valence-corrected chi connectivity index (χ1v) is 7.01. The number of amides is 2. The Morgan fingerprint density at radius 3 is 2.47 bits per heavy atom. The molecule has 1 rings (SSSR count). The van der Waals surface area contributed by atoms with Crippen molar-refractivity contribution in [3.63, 3.8) is 0 Å². The lowest BCUT2D eigenvalue weighted by Crippen LogP contribution is -2.49. The number of carboxylic acids is 1. The van der Waals surface area contributed by atoms with Crippen molar-refractivity contribution < 1.29 is 14.7 Å². The van der Waals surface area contributed by atoms with Gasteiger partial charge in [0.05, 0.1) is 6.42 Å². The van der Waals surface area contributed by atoms with E-state index < -0.39 is 5.97 Å². The average Bonchev–Trinajstić information content (AvgIpc) is 2.74. The summed E-state index contributed by atoms with van der Waals surface area (Å²) in [5, 5.41) is 11.8. The van der Waals surface area contributed by atoms with Crippen molar-refractivity contribution in [3.8, 4) is 0 Å². The van der Waals surface area contributed by atoms with Crippen molar-refractivity contribution in [2.75, 3.05) is 13.1 Å². The first-order chi connectivity index (χ1) is 8.74. The van der Waals surface area contributed by atoms with Gasteiger partial charge in [-0.1, -0.05) is 34.1 Å². The molecular weight excluding hydrogens is 244 g/mol. The molecule has 0 bridgehead atoms. The monoisotopic (exact) mass is 270 g/mol. The maximum absolute atomic E-state index is 12.2. The third-order valence-corrected chi connectivity index (χ3v) is 3.87. The highest BCUT2D eigenvalue weighted by Crippen LogP contribution is 2.23. The topological polar surface area (TPSA) is 69.6 Å². The van der Waals surface area contributed by atoms with E-state index in [1.807, 2.05) is 20.8 Å². The van der Waals surface area contributed by atoms with Crippen molar-refractivity contribution >= 4 is 12.0 Å². The summed E-state index contributed by atoms with van der Waals surface area (Å²) in [5.74, 6) is -0.300. The Morgan fingerprint density at radius 1 is 1.42 bits per heavy atom. The summed E-state index contributed by atoms with van der Waals surface area (Å²) < 4.78 is 0. The quantitative estimate of drug-likeness (QED) is 0.823. The van der Waals surface area contributed by atoms with E-state index in [0.717, 1.165) is 25.9 Å². The van der Waals surface area contributed by atoms with Crippen molar-refractivity contribution in [2.45, 2.75) is 53.0 Å². The van der Waals surface area contributed by atoms with Crippen LogP contribution >= 0.6 is 0 Å². The van der Waals surface area contributed by atoms with Crippen LogP contribution in [0.3, 0.4) is 0 Å². The van der Waals surface area contributed by atoms with E-state index in [1.165, 1.54) is 0 Å². The van der Waals surface area contributed by atoms with E-state index in [1.54, 1.807) is 4.90 Å². The van der Waals surface area contributed by atoms with Gasteiger partial charge in [0.15, 0.2) is 0 Å². The standard InChI is InChI=1S/C14H26N2O3/c1-5-10-6-7-16(9-10)13(19)15-11(8-12(17)18)14(2,3)4/h10-11H,5-9H2,1-4H3,(H,15,19)(H,17,18). The summed E-state index contributed by atoms with van der Waals surface area (Å²) in [5.41, 5.74) is -0.266. The molecule has 19 heavy (non-hydrogen) atoms. The molecule has 0 saturated carbocycles. The number of carboxylic acid groups (broad SMARTS) is 1. The van der Waals surface area contributed by atoms with Gasteiger partial charge in [0.25, 0.3) is 0 Å². The van der Waals surface area contributed by atoms with Gasteiger partial charge in [-0.15, -0.1) is 0 Å². The highest BCUT2D eigenvalue weighted by Gasteiger charge is 2.32. The third-order valence-electron chi connectivity index (χ3n) is 3.87. The first-order valence-electron chi connectivity index (χ1n) is 7.01. The molecule has 2 atom stereocenters. The number of carbonyl (C=O) groups excluding carboxylic acids is 1. The molecule has 1 saturated heterocycles. The van der Waals surface area contributed by atoms with Gasteiger partial charge < -0.3 is 15.3 Å². The van der Waals surface area contributed by atoms with Gasteiger partial charge in [0.2, 0.25) is 0 Å². The van der Waals surface area contributed by atoms with Gasteiger partial charge >= 0.3 is 12.0 Å². The Balaban J connectivity index is 2.59. The second-order valence-corrected chi connectivity index (χ2v) is 6.47. The van der Waals surface area contributed by atoms with E-state index in [0.29, 0.717) is 5.92 Å². The fourth-order valence-electron chi connectivity index (χ4n) is 2.34. The molecule has 2 N–H and O–H groups in total. The highest BCUT2D eigenvalue weighted by atomic mass is 16.4. The molecule has 1 aliphatic rings. The molecule has 1 aliphatic heterocycles. The van der Waals surface area contributed by atoms with Gasteiger partial charge in [0, 0.05) is 19.1 Å². The Hall–Kier alpha value is -1.26. The fourth-order valence-corrected chi connectivity index (χ4v) is 2.34. The number of hydrogen-bond donors (Lipinski definition) is 2. The summed E-state index contributed by atoms with van der Waals surface area (Å²) >= 11 is 0. The van der Waals surface area contributed by atoms with E-state index in [4.69, 9.17) is 5.11 Å². The number of urea groups is 1. The molecule has 2 amide bonds. The number of carbonyl (C=O) groups is 2. The molecule has 1 fully saturated rings. The lowest BCUT2D eigenvalue weighted by molar-refractivity contribution is -0.138. The zero-order valence-corrected chi connectivity index (χ0v) is 12.4. The van der Waals surface area contributed by atoms with Crippen LogP contribution in [0, 0.1) is 11.3 Å². The lowest BCUT2D eigenvalue weighted by atomic mass is 9.85. The van der Waals surface area contributed by atoms with Crippen LogP contribution in [0.2, 0.25) is 0 Å². The lowest BCUT2D eigenvalue weighted by Gasteiger charge is -2.32. The van der Waals surface area contributed by atoms with Crippen molar-refractivity contribution in [3.05, 3.63) is 0 Å². The molecule has 5 heteroatoms. The predicted octanol–water partition coefficient (Wildman–Crippen LogP) is 2.32. The van der Waals surface area contributed by atoms with Gasteiger partial charge in [-0.25, -0.2) is 4.79 Å². The number of nitrogens with one attached hydrogen (secondary N) is 1. The largest absolute Gasteiger partial charge is 0.481 e. The summed E-state index contributed by atoms with van der Waals surface area (Å²) in [6.45, 7) is 9.52. The van der Waals surface area contributed by atoms with Gasteiger partial charge in [-0.05, 0) is 17.8 Å². The second kappa shape index (κ2) is 6.26. The molecule has 0 aromatic heterocycles. The molecule has 0 radical (unpaired) electrons. The summed E-state index contributed by atoms with van der Waals surface area (Å²) in [7, 11) is 0. The maximum atomic E-state index is 12.2. The van der Waals surface area contributed by atoms with Crippen molar-refractivity contribution in [1.29, 1.82) is 0 Å². The van der Waals surface area contributed by atoms with E-state index in [2.05, 4.69) is 12.2 Å². The van der Waals surface area contributed by atoms with Crippen LogP contribution in [0.1, 0.15) is 47.0 Å². The van der Waals surface area contributed by atoms with E-state index in [9.17, 15) is 9.59 Å². The summed E-state index contributed by atoms with van der Waals surface area (Å²) in [6, 6.07) is -0.477. The Labute approximate surface area is 115 Å². The molecule has 0 aliphatic carbocycles. The Bertz CT molecular complexity index is 336. The van der Waals surface area contributed by atoms with Crippen molar-refractivity contribution in [2.24, 2.45) is 11.3 Å². The normalized spacial score (nSPS) is 21.3. The predicted molar refractivity (Wildman–Crippen MR) is 74.0 cm³/mol. The zero-order chi connectivity index (χ0) is 14.6. The van der Waals surface area contributed by atoms with Crippen LogP contribution in [0.25, 0.3) is 0 Å². The van der Waals surface area contributed by atoms with E-state index in [-0.39, 0.29) is 23.9 Å². The fraction of sp³-hybridized carbons (Fsp3) is 0.857. The number of likely N-dealkylation sites (tertiary alicyclic amines) is 1. The number of rotatable bonds is 4. The molecule has 0 spiro atoms. The third kappa shape index (κ3) is 4.73. The molecule has 110 valence electrons. The minimum atomic E-state index is -0.881. The van der Waals surface area contributed by atoms with Crippen LogP contribution in [-0.2, 0) is 4.79 Å². The maximum Gasteiger partial charge on any atom is 0.317 e. The van der Waals surface area contributed by atoms with Crippen LogP contribution in [0.4, 0.5) is 4.79 Å². The number of nitrogens with zero attached hydrogens (tertiary/aromatic N) is 1. The SMILES string of the molecule is CCC1CCN(C(=O)NC(CC(=O)O)C(C)(C)C)C1. The number of hydrogen-bond acceptors (Lipinski definition) is 2. The minimum absolute atomic E-state index is 0.0414. The van der Waals surface area contributed by atoms with E-state index >= 15 is 0 Å². The van der Waals surface area contributed by atoms with Gasteiger partial charge in [-0.3, -0.25) is 4.79 Å². The number of aliphatic carboxylic acids is 1. The molecule has 0 aromatic carbocycles. The Kier molecular flexibility index (Phi) is 5.20. The second-order valence-electron chi connectivity index (χ2n) is 6.47. The van der Waals surface area contributed by atoms with Crippen LogP contribution < -0.4 is 5.32 Å². The van der Waals surface area contributed by atoms with Crippen LogP contribution in [-0.4, -0.2) is 41.1 Å². The average molecular weight is 270 g/mol. The Morgan fingerprint density at radius 2 is 2.05 bits per heavy atom. The molecule has 1 heterocycles. The molecular formula is C14H26N2O3. The summed E-state index contributed by atoms with van der Waals surface area (Å²) in [6.07, 6.45) is 2.09. The zero-order valence-electron chi connectivity index (χ0n) is 12.4.